The third-order valence-electron chi connectivity index (χ3n) is 3.90. The predicted molar refractivity (Wildman–Crippen MR) is 82.4 cm³/mol. The quantitative estimate of drug-likeness (QED) is 0.804. The van der Waals surface area contributed by atoms with Crippen LogP contribution in [0.3, 0.4) is 0 Å². The second-order valence-corrected chi connectivity index (χ2v) is 5.82. The van der Waals surface area contributed by atoms with Crippen molar-refractivity contribution in [2.75, 3.05) is 32.4 Å². The number of hydrogen-bond donors (Lipinski definition) is 2. The number of rotatable bonds is 5. The predicted octanol–water partition coefficient (Wildman–Crippen LogP) is 1.66. The summed E-state index contributed by atoms with van der Waals surface area (Å²) in [6.45, 7) is 3.08. The number of carbonyl (C=O) groups is 1. The number of nitrogens with two attached hydrogens (primary N) is 1. The highest BCUT2D eigenvalue weighted by Crippen LogP contribution is 2.14. The summed E-state index contributed by atoms with van der Waals surface area (Å²) >= 11 is 0. The Labute approximate surface area is 121 Å². The van der Waals surface area contributed by atoms with Gasteiger partial charge >= 0.3 is 0 Å². The Morgan fingerprint density at radius 3 is 3.10 bits per heavy atom. The second-order valence-electron chi connectivity index (χ2n) is 5.82. The summed E-state index contributed by atoms with van der Waals surface area (Å²) in [6.07, 6.45) is 3.74. The highest BCUT2D eigenvalue weighted by molar-refractivity contribution is 5.76. The maximum Gasteiger partial charge on any atom is 0.220 e. The molecule has 1 atom stereocenters. The van der Waals surface area contributed by atoms with Crippen LogP contribution in [-0.4, -0.2) is 37.5 Å². The lowest BCUT2D eigenvalue weighted by Crippen LogP contribution is -2.39. The summed E-state index contributed by atoms with van der Waals surface area (Å²) in [7, 11) is 2.15. The van der Waals surface area contributed by atoms with Crippen molar-refractivity contribution in [1.29, 1.82) is 0 Å². The molecule has 110 valence electrons. The first-order chi connectivity index (χ1) is 9.63. The molecular formula is C16H25N3O. The number of piperidine rings is 1. The Bertz CT molecular complexity index is 447. The molecule has 2 rings (SSSR count). The zero-order chi connectivity index (χ0) is 14.4. The number of hydrogen-bond acceptors (Lipinski definition) is 3. The summed E-state index contributed by atoms with van der Waals surface area (Å²) in [6, 6.07) is 7.74. The van der Waals surface area contributed by atoms with Crippen LogP contribution in [0.25, 0.3) is 0 Å². The summed E-state index contributed by atoms with van der Waals surface area (Å²) in [5, 5.41) is 3.06. The normalized spacial score (nSPS) is 19.8. The lowest BCUT2D eigenvalue weighted by atomic mass is 9.98. The minimum absolute atomic E-state index is 0.139. The van der Waals surface area contributed by atoms with E-state index in [9.17, 15) is 4.79 Å². The van der Waals surface area contributed by atoms with Crippen LogP contribution in [0.1, 0.15) is 24.8 Å². The highest BCUT2D eigenvalue weighted by atomic mass is 16.1. The van der Waals surface area contributed by atoms with E-state index in [0.717, 1.165) is 30.8 Å². The van der Waals surface area contributed by atoms with E-state index in [-0.39, 0.29) is 5.91 Å². The SMILES string of the molecule is CN1CCCC(CNC(=O)CCc2cccc(N)c2)C1. The van der Waals surface area contributed by atoms with Gasteiger partial charge in [0.15, 0.2) is 0 Å². The molecule has 0 aromatic heterocycles. The average molecular weight is 275 g/mol. The van der Waals surface area contributed by atoms with Crippen LogP contribution in [-0.2, 0) is 11.2 Å². The number of nitrogens with one attached hydrogen (secondary N) is 1. The van der Waals surface area contributed by atoms with Crippen LogP contribution < -0.4 is 11.1 Å². The van der Waals surface area contributed by atoms with Crippen molar-refractivity contribution in [3.63, 3.8) is 0 Å². The van der Waals surface area contributed by atoms with E-state index in [0.29, 0.717) is 12.3 Å². The summed E-state index contributed by atoms with van der Waals surface area (Å²) in [5.41, 5.74) is 7.61. The van der Waals surface area contributed by atoms with Crippen LogP contribution in [0.2, 0.25) is 0 Å². The largest absolute Gasteiger partial charge is 0.399 e. The van der Waals surface area contributed by atoms with E-state index in [4.69, 9.17) is 5.73 Å². The van der Waals surface area contributed by atoms with E-state index in [1.165, 1.54) is 19.4 Å². The smallest absolute Gasteiger partial charge is 0.220 e. The lowest BCUT2D eigenvalue weighted by Gasteiger charge is -2.29. The number of nitrogens with zero attached hydrogens (tertiary/aromatic N) is 1. The van der Waals surface area contributed by atoms with E-state index in [1.54, 1.807) is 0 Å². The van der Waals surface area contributed by atoms with Crippen molar-refractivity contribution in [2.45, 2.75) is 25.7 Å². The fourth-order valence-corrected chi connectivity index (χ4v) is 2.79. The average Bonchev–Trinajstić information content (AvgIpc) is 2.43. The molecule has 1 unspecified atom stereocenters. The molecule has 1 heterocycles. The van der Waals surface area contributed by atoms with Crippen LogP contribution in [0.5, 0.6) is 0 Å². The maximum atomic E-state index is 11.9. The van der Waals surface area contributed by atoms with Gasteiger partial charge in [-0.3, -0.25) is 4.79 Å². The fourth-order valence-electron chi connectivity index (χ4n) is 2.79. The Kier molecular flexibility index (Phi) is 5.41. The molecule has 0 spiro atoms. The standard InChI is InChI=1S/C16H25N3O/c1-19-9-3-5-14(12-19)11-18-16(20)8-7-13-4-2-6-15(17)10-13/h2,4,6,10,14H,3,5,7-9,11-12,17H2,1H3,(H,18,20). The summed E-state index contributed by atoms with van der Waals surface area (Å²) < 4.78 is 0. The van der Waals surface area contributed by atoms with Gasteiger partial charge in [0.1, 0.15) is 0 Å². The highest BCUT2D eigenvalue weighted by Gasteiger charge is 2.17. The molecule has 1 aliphatic rings. The van der Waals surface area contributed by atoms with Gasteiger partial charge in [0.2, 0.25) is 5.91 Å². The van der Waals surface area contributed by atoms with Gasteiger partial charge in [0.05, 0.1) is 0 Å². The van der Waals surface area contributed by atoms with E-state index < -0.39 is 0 Å². The Morgan fingerprint density at radius 1 is 1.50 bits per heavy atom. The molecule has 0 aliphatic carbocycles. The van der Waals surface area contributed by atoms with Gasteiger partial charge in [0, 0.05) is 25.2 Å². The molecule has 1 aromatic rings. The van der Waals surface area contributed by atoms with Gasteiger partial charge in [-0.05, 0) is 56.5 Å². The molecule has 1 aromatic carbocycles. The molecule has 1 saturated heterocycles. The van der Waals surface area contributed by atoms with Crippen molar-refractivity contribution in [1.82, 2.24) is 10.2 Å². The molecule has 1 fully saturated rings. The molecule has 1 aliphatic heterocycles. The Balaban J connectivity index is 1.67. The number of anilines is 1. The van der Waals surface area contributed by atoms with Crippen molar-refractivity contribution < 1.29 is 4.79 Å². The Hall–Kier alpha value is -1.55. The molecule has 0 saturated carbocycles. The molecule has 0 bridgehead atoms. The lowest BCUT2D eigenvalue weighted by molar-refractivity contribution is -0.121. The second kappa shape index (κ2) is 7.29. The Morgan fingerprint density at radius 2 is 2.35 bits per heavy atom. The number of aryl methyl sites for hydroxylation is 1. The van der Waals surface area contributed by atoms with Crippen molar-refractivity contribution in [3.8, 4) is 0 Å². The topological polar surface area (TPSA) is 58.4 Å². The van der Waals surface area contributed by atoms with Gasteiger partial charge in [-0.1, -0.05) is 12.1 Å². The summed E-state index contributed by atoms with van der Waals surface area (Å²) in [5.74, 6) is 0.741. The number of nitrogen functional groups attached to an aromatic ring is 1. The number of carbonyl (C=O) groups excluding carboxylic acids is 1. The minimum atomic E-state index is 0.139. The van der Waals surface area contributed by atoms with Crippen LogP contribution in [0.4, 0.5) is 5.69 Å². The van der Waals surface area contributed by atoms with E-state index in [1.807, 2.05) is 24.3 Å². The van der Waals surface area contributed by atoms with Gasteiger partial charge in [0.25, 0.3) is 0 Å². The molecule has 4 heteroatoms. The van der Waals surface area contributed by atoms with E-state index >= 15 is 0 Å². The number of benzene rings is 1. The van der Waals surface area contributed by atoms with Gasteiger partial charge in [-0.25, -0.2) is 0 Å². The monoisotopic (exact) mass is 275 g/mol. The van der Waals surface area contributed by atoms with Gasteiger partial charge in [-0.2, -0.15) is 0 Å². The van der Waals surface area contributed by atoms with Crippen LogP contribution >= 0.6 is 0 Å². The molecule has 1 amide bonds. The third-order valence-corrected chi connectivity index (χ3v) is 3.90. The summed E-state index contributed by atoms with van der Waals surface area (Å²) in [4.78, 5) is 14.2. The first kappa shape index (κ1) is 14.9. The molecule has 4 nitrogen and oxygen atoms in total. The molecule has 20 heavy (non-hydrogen) atoms. The molecule has 3 N–H and O–H groups in total. The number of likely N-dealkylation sites (tertiary alicyclic amines) is 1. The third kappa shape index (κ3) is 4.85. The first-order valence-corrected chi connectivity index (χ1v) is 7.43. The van der Waals surface area contributed by atoms with Gasteiger partial charge < -0.3 is 16.0 Å². The van der Waals surface area contributed by atoms with Crippen molar-refractivity contribution >= 4 is 11.6 Å². The van der Waals surface area contributed by atoms with Gasteiger partial charge in [-0.15, -0.1) is 0 Å². The number of amides is 1. The fraction of sp³-hybridized carbons (Fsp3) is 0.562. The van der Waals surface area contributed by atoms with Crippen LogP contribution in [0.15, 0.2) is 24.3 Å². The van der Waals surface area contributed by atoms with Crippen molar-refractivity contribution in [2.24, 2.45) is 5.92 Å². The van der Waals surface area contributed by atoms with E-state index in [2.05, 4.69) is 17.3 Å². The molecular weight excluding hydrogens is 250 g/mol. The van der Waals surface area contributed by atoms with Crippen LogP contribution in [0, 0.1) is 5.92 Å². The molecule has 0 radical (unpaired) electrons. The minimum Gasteiger partial charge on any atom is -0.399 e. The zero-order valence-corrected chi connectivity index (χ0v) is 12.3. The maximum absolute atomic E-state index is 11.9. The first-order valence-electron chi connectivity index (χ1n) is 7.43. The van der Waals surface area contributed by atoms with Crippen molar-refractivity contribution in [3.05, 3.63) is 29.8 Å². The zero-order valence-electron chi connectivity index (χ0n) is 12.3.